The van der Waals surface area contributed by atoms with Gasteiger partial charge in [0.2, 0.25) is 0 Å². The lowest BCUT2D eigenvalue weighted by atomic mass is 10.1. The molecule has 78 valence electrons. The van der Waals surface area contributed by atoms with Gasteiger partial charge in [0.1, 0.15) is 0 Å². The van der Waals surface area contributed by atoms with E-state index in [0.717, 1.165) is 32.4 Å². The summed E-state index contributed by atoms with van der Waals surface area (Å²) in [4.78, 5) is 0. The number of piperidine rings is 1. The second-order valence-electron chi connectivity index (χ2n) is 4.38. The molecule has 0 spiro atoms. The Balaban J connectivity index is 2.04. The molecule has 0 aliphatic carbocycles. The highest BCUT2D eigenvalue weighted by molar-refractivity contribution is 4.69. The van der Waals surface area contributed by atoms with Crippen LogP contribution in [0.25, 0.3) is 0 Å². The van der Waals surface area contributed by atoms with Crippen LogP contribution in [0.4, 0.5) is 0 Å². The molecule has 0 amide bonds. The molecule has 3 nitrogen and oxygen atoms in total. The Labute approximate surface area is 80.5 Å². The van der Waals surface area contributed by atoms with Gasteiger partial charge >= 0.3 is 0 Å². The van der Waals surface area contributed by atoms with Crippen molar-refractivity contribution in [3.63, 3.8) is 0 Å². The number of nitrogens with one attached hydrogen (secondary N) is 1. The summed E-state index contributed by atoms with van der Waals surface area (Å²) in [5.74, 6) is 0. The van der Waals surface area contributed by atoms with Gasteiger partial charge in [-0.1, -0.05) is 0 Å². The molecule has 0 radical (unpaired) electrons. The van der Waals surface area contributed by atoms with E-state index in [1.165, 1.54) is 0 Å². The number of aliphatic hydroxyl groups is 1. The fourth-order valence-electron chi connectivity index (χ4n) is 1.44. The van der Waals surface area contributed by atoms with Crippen molar-refractivity contribution in [2.75, 3.05) is 19.7 Å². The van der Waals surface area contributed by atoms with Gasteiger partial charge in [-0.05, 0) is 46.2 Å². The molecule has 1 aliphatic rings. The Hall–Kier alpha value is -0.120. The smallest absolute Gasteiger partial charge is 0.0613 e. The highest BCUT2D eigenvalue weighted by Crippen LogP contribution is 2.11. The summed E-state index contributed by atoms with van der Waals surface area (Å²) in [7, 11) is 0. The quantitative estimate of drug-likeness (QED) is 0.687. The average Bonchev–Trinajstić information content (AvgIpc) is 2.04. The van der Waals surface area contributed by atoms with Gasteiger partial charge in [-0.25, -0.2) is 0 Å². The molecule has 0 atom stereocenters. The summed E-state index contributed by atoms with van der Waals surface area (Å²) >= 11 is 0. The summed E-state index contributed by atoms with van der Waals surface area (Å²) in [5.41, 5.74) is -0.590. The van der Waals surface area contributed by atoms with Crippen LogP contribution in [-0.4, -0.2) is 36.5 Å². The molecule has 0 aromatic rings. The van der Waals surface area contributed by atoms with Crippen molar-refractivity contribution >= 4 is 0 Å². The maximum atomic E-state index is 9.45. The van der Waals surface area contributed by atoms with Crippen LogP contribution in [0.15, 0.2) is 0 Å². The summed E-state index contributed by atoms with van der Waals surface area (Å²) in [6.07, 6.45) is 3.33. The van der Waals surface area contributed by atoms with Crippen LogP contribution >= 0.6 is 0 Å². The second kappa shape index (κ2) is 4.94. The predicted octanol–water partition coefficient (Wildman–Crippen LogP) is 0.916. The third-order valence-corrected chi connectivity index (χ3v) is 2.35. The van der Waals surface area contributed by atoms with E-state index in [9.17, 15) is 5.11 Å². The van der Waals surface area contributed by atoms with Gasteiger partial charge in [0.15, 0.2) is 0 Å². The molecular weight excluding hydrogens is 166 g/mol. The van der Waals surface area contributed by atoms with Crippen LogP contribution in [0.1, 0.15) is 33.1 Å². The SMILES string of the molecule is CC(C)(O)CCOC1CCNCC1. The van der Waals surface area contributed by atoms with Gasteiger partial charge in [-0.3, -0.25) is 0 Å². The van der Waals surface area contributed by atoms with Crippen LogP contribution in [0, 0.1) is 0 Å². The maximum absolute atomic E-state index is 9.45. The van der Waals surface area contributed by atoms with Crippen LogP contribution in [0.3, 0.4) is 0 Å². The second-order valence-corrected chi connectivity index (χ2v) is 4.38. The fourth-order valence-corrected chi connectivity index (χ4v) is 1.44. The van der Waals surface area contributed by atoms with E-state index in [4.69, 9.17) is 4.74 Å². The molecular formula is C10H21NO2. The zero-order chi connectivity index (χ0) is 9.73. The highest BCUT2D eigenvalue weighted by atomic mass is 16.5. The molecule has 0 bridgehead atoms. The molecule has 0 aromatic heterocycles. The molecule has 1 fully saturated rings. The number of ether oxygens (including phenoxy) is 1. The summed E-state index contributed by atoms with van der Waals surface area (Å²) in [5, 5.41) is 12.7. The first-order chi connectivity index (χ1) is 6.08. The third kappa shape index (κ3) is 5.24. The summed E-state index contributed by atoms with van der Waals surface area (Å²) in [6.45, 7) is 6.44. The van der Waals surface area contributed by atoms with Gasteiger partial charge in [0, 0.05) is 6.61 Å². The lowest BCUT2D eigenvalue weighted by Gasteiger charge is -2.24. The van der Waals surface area contributed by atoms with Crippen molar-refractivity contribution in [3.05, 3.63) is 0 Å². The first-order valence-corrected chi connectivity index (χ1v) is 5.13. The Bertz CT molecular complexity index is 136. The van der Waals surface area contributed by atoms with Crippen molar-refractivity contribution < 1.29 is 9.84 Å². The predicted molar refractivity (Wildman–Crippen MR) is 52.8 cm³/mol. The Kier molecular flexibility index (Phi) is 4.16. The van der Waals surface area contributed by atoms with Crippen LogP contribution in [-0.2, 0) is 4.74 Å². The van der Waals surface area contributed by atoms with Crippen molar-refractivity contribution in [2.24, 2.45) is 0 Å². The first-order valence-electron chi connectivity index (χ1n) is 5.13. The molecule has 13 heavy (non-hydrogen) atoms. The number of rotatable bonds is 4. The van der Waals surface area contributed by atoms with Gasteiger partial charge in [0.25, 0.3) is 0 Å². The van der Waals surface area contributed by atoms with Gasteiger partial charge in [-0.15, -0.1) is 0 Å². The average molecular weight is 187 g/mol. The molecule has 1 aliphatic heterocycles. The van der Waals surface area contributed by atoms with Crippen LogP contribution in [0.2, 0.25) is 0 Å². The van der Waals surface area contributed by atoms with Crippen LogP contribution in [0.5, 0.6) is 0 Å². The fraction of sp³-hybridized carbons (Fsp3) is 1.00. The van der Waals surface area contributed by atoms with E-state index in [-0.39, 0.29) is 0 Å². The van der Waals surface area contributed by atoms with Crippen molar-refractivity contribution in [1.82, 2.24) is 5.32 Å². The van der Waals surface area contributed by atoms with E-state index in [1.54, 1.807) is 0 Å². The molecule has 1 saturated heterocycles. The molecule has 3 heteroatoms. The van der Waals surface area contributed by atoms with Crippen molar-refractivity contribution in [1.29, 1.82) is 0 Å². The van der Waals surface area contributed by atoms with E-state index in [0.29, 0.717) is 12.7 Å². The van der Waals surface area contributed by atoms with Gasteiger partial charge in [0.05, 0.1) is 11.7 Å². The highest BCUT2D eigenvalue weighted by Gasteiger charge is 2.16. The van der Waals surface area contributed by atoms with E-state index in [2.05, 4.69) is 5.32 Å². The standard InChI is InChI=1S/C10H21NO2/c1-10(2,12)5-8-13-9-3-6-11-7-4-9/h9,11-12H,3-8H2,1-2H3. The van der Waals surface area contributed by atoms with Gasteiger partial charge in [-0.2, -0.15) is 0 Å². The monoisotopic (exact) mass is 187 g/mol. The molecule has 2 N–H and O–H groups in total. The molecule has 1 rings (SSSR count). The molecule has 0 saturated carbocycles. The van der Waals surface area contributed by atoms with Gasteiger partial charge < -0.3 is 15.2 Å². The normalized spacial score (nSPS) is 20.5. The Morgan fingerprint density at radius 2 is 2.00 bits per heavy atom. The summed E-state index contributed by atoms with van der Waals surface area (Å²) < 4.78 is 5.66. The minimum Gasteiger partial charge on any atom is -0.390 e. The lowest BCUT2D eigenvalue weighted by Crippen LogP contribution is -2.33. The lowest BCUT2D eigenvalue weighted by molar-refractivity contribution is -0.0112. The minimum absolute atomic E-state index is 0.406. The van der Waals surface area contributed by atoms with Crippen molar-refractivity contribution in [3.8, 4) is 0 Å². The maximum Gasteiger partial charge on any atom is 0.0613 e. The number of hydrogen-bond acceptors (Lipinski definition) is 3. The zero-order valence-corrected chi connectivity index (χ0v) is 8.68. The minimum atomic E-state index is -0.590. The number of hydrogen-bond donors (Lipinski definition) is 2. The first kappa shape index (κ1) is 11.0. The Morgan fingerprint density at radius 1 is 1.38 bits per heavy atom. The van der Waals surface area contributed by atoms with E-state index < -0.39 is 5.60 Å². The van der Waals surface area contributed by atoms with Crippen molar-refractivity contribution in [2.45, 2.75) is 44.8 Å². The zero-order valence-electron chi connectivity index (χ0n) is 8.68. The van der Waals surface area contributed by atoms with E-state index >= 15 is 0 Å². The third-order valence-electron chi connectivity index (χ3n) is 2.35. The molecule has 1 heterocycles. The topological polar surface area (TPSA) is 41.5 Å². The largest absolute Gasteiger partial charge is 0.390 e. The molecule has 0 aromatic carbocycles. The summed E-state index contributed by atoms with van der Waals surface area (Å²) in [6, 6.07) is 0. The van der Waals surface area contributed by atoms with Crippen LogP contribution < -0.4 is 5.32 Å². The Morgan fingerprint density at radius 3 is 2.54 bits per heavy atom. The van der Waals surface area contributed by atoms with E-state index in [1.807, 2.05) is 13.8 Å². The molecule has 0 unspecified atom stereocenters.